The Hall–Kier alpha value is -2.76. The molecule has 24 heavy (non-hydrogen) atoms. The van der Waals surface area contributed by atoms with Crippen LogP contribution in [0.2, 0.25) is 0 Å². The van der Waals surface area contributed by atoms with Gasteiger partial charge in [-0.1, -0.05) is 12.1 Å². The monoisotopic (exact) mass is 320 g/mol. The van der Waals surface area contributed by atoms with Crippen LogP contribution in [0.4, 0.5) is 11.6 Å². The van der Waals surface area contributed by atoms with Gasteiger partial charge in [0, 0.05) is 37.8 Å². The molecular weight excluding hydrogens is 300 g/mol. The number of piperidine rings is 1. The Morgan fingerprint density at radius 3 is 2.92 bits per heavy atom. The van der Waals surface area contributed by atoms with Crippen molar-refractivity contribution in [1.82, 2.24) is 20.2 Å². The summed E-state index contributed by atoms with van der Waals surface area (Å²) >= 11 is 0. The lowest BCUT2D eigenvalue weighted by atomic mass is 10.0. The minimum atomic E-state index is 0.388. The highest BCUT2D eigenvalue weighted by atomic mass is 15.3. The first-order valence-corrected chi connectivity index (χ1v) is 8.28. The number of aromatic nitrogens is 4. The quantitative estimate of drug-likeness (QED) is 0.739. The Bertz CT molecular complexity index is 817. The lowest BCUT2D eigenvalue weighted by molar-refractivity contribution is 0.483. The molecule has 1 aromatic carbocycles. The summed E-state index contributed by atoms with van der Waals surface area (Å²) < 4.78 is 0. The second-order valence-electron chi connectivity index (χ2n) is 6.15. The number of rotatable bonds is 3. The number of para-hydroxylation sites is 1. The summed E-state index contributed by atoms with van der Waals surface area (Å²) in [5, 5.41) is 9.35. The van der Waals surface area contributed by atoms with Gasteiger partial charge < -0.3 is 9.80 Å². The summed E-state index contributed by atoms with van der Waals surface area (Å²) in [4.78, 5) is 13.5. The normalized spacial score (nSPS) is 17.9. The zero-order valence-corrected chi connectivity index (χ0v) is 13.7. The molecule has 0 saturated carbocycles. The molecule has 0 spiro atoms. The van der Waals surface area contributed by atoms with E-state index < -0.39 is 0 Å². The average Bonchev–Trinajstić information content (AvgIpc) is 2.68. The fraction of sp³-hybridized carbons (Fsp3) is 0.333. The Morgan fingerprint density at radius 2 is 2.04 bits per heavy atom. The second-order valence-corrected chi connectivity index (χ2v) is 6.15. The summed E-state index contributed by atoms with van der Waals surface area (Å²) in [6.45, 7) is 1.95. The van der Waals surface area contributed by atoms with Crippen LogP contribution in [0, 0.1) is 0 Å². The maximum absolute atomic E-state index is 4.55. The second kappa shape index (κ2) is 6.39. The lowest BCUT2D eigenvalue weighted by Gasteiger charge is -2.38. The molecule has 0 radical (unpaired) electrons. The Labute approximate surface area is 141 Å². The Kier molecular flexibility index (Phi) is 3.94. The third-order valence-corrected chi connectivity index (χ3v) is 4.68. The molecule has 0 bridgehead atoms. The number of benzene rings is 1. The van der Waals surface area contributed by atoms with Crippen molar-refractivity contribution in [3.8, 4) is 0 Å². The van der Waals surface area contributed by atoms with Gasteiger partial charge in [-0.3, -0.25) is 0 Å². The number of hydrogen-bond donors (Lipinski definition) is 0. The largest absolute Gasteiger partial charge is 0.354 e. The van der Waals surface area contributed by atoms with Crippen molar-refractivity contribution in [2.75, 3.05) is 29.9 Å². The standard InChI is InChI=1S/C18H20N6/c1-23(18-15-7-2-3-8-16(15)19-13-20-18)14-6-5-11-24(12-14)17-9-4-10-21-22-17/h2-4,7-10,13-14H,5-6,11-12H2,1H3/t14-/m1/s1. The van der Waals surface area contributed by atoms with Crippen molar-refractivity contribution in [2.45, 2.75) is 18.9 Å². The van der Waals surface area contributed by atoms with Crippen LogP contribution in [-0.4, -0.2) is 46.3 Å². The molecule has 6 heteroatoms. The lowest BCUT2D eigenvalue weighted by Crippen LogP contribution is -2.47. The maximum atomic E-state index is 4.55. The molecule has 0 amide bonds. The molecule has 0 N–H and O–H groups in total. The van der Waals surface area contributed by atoms with Gasteiger partial charge in [-0.05, 0) is 37.1 Å². The smallest absolute Gasteiger partial charge is 0.151 e. The van der Waals surface area contributed by atoms with Gasteiger partial charge in [0.1, 0.15) is 12.1 Å². The topological polar surface area (TPSA) is 58.0 Å². The molecule has 1 aliphatic rings. The minimum absolute atomic E-state index is 0.388. The number of anilines is 2. The van der Waals surface area contributed by atoms with Crippen molar-refractivity contribution in [1.29, 1.82) is 0 Å². The molecule has 0 unspecified atom stereocenters. The van der Waals surface area contributed by atoms with Crippen molar-refractivity contribution in [2.24, 2.45) is 0 Å². The van der Waals surface area contributed by atoms with Crippen molar-refractivity contribution in [3.05, 3.63) is 48.9 Å². The van der Waals surface area contributed by atoms with Gasteiger partial charge in [0.2, 0.25) is 0 Å². The van der Waals surface area contributed by atoms with E-state index in [0.717, 1.165) is 48.5 Å². The van der Waals surface area contributed by atoms with E-state index in [1.54, 1.807) is 12.5 Å². The van der Waals surface area contributed by atoms with Gasteiger partial charge in [0.05, 0.1) is 5.52 Å². The fourth-order valence-electron chi connectivity index (χ4n) is 3.39. The van der Waals surface area contributed by atoms with E-state index in [2.05, 4.69) is 43.1 Å². The van der Waals surface area contributed by atoms with Gasteiger partial charge in [0.25, 0.3) is 0 Å². The highest BCUT2D eigenvalue weighted by Crippen LogP contribution is 2.27. The predicted octanol–water partition coefficient (Wildman–Crippen LogP) is 2.53. The highest BCUT2D eigenvalue weighted by molar-refractivity contribution is 5.89. The van der Waals surface area contributed by atoms with Crippen LogP contribution in [-0.2, 0) is 0 Å². The van der Waals surface area contributed by atoms with E-state index in [-0.39, 0.29) is 0 Å². The van der Waals surface area contributed by atoms with E-state index in [1.165, 1.54) is 0 Å². The Balaban J connectivity index is 1.60. The third-order valence-electron chi connectivity index (χ3n) is 4.68. The van der Waals surface area contributed by atoms with Crippen molar-refractivity contribution >= 4 is 22.5 Å². The minimum Gasteiger partial charge on any atom is -0.354 e. The van der Waals surface area contributed by atoms with Crippen LogP contribution in [0.25, 0.3) is 10.9 Å². The first kappa shape index (κ1) is 14.8. The van der Waals surface area contributed by atoms with Crippen LogP contribution in [0.1, 0.15) is 12.8 Å². The molecule has 122 valence electrons. The summed E-state index contributed by atoms with van der Waals surface area (Å²) in [6.07, 6.45) is 5.64. The van der Waals surface area contributed by atoms with Gasteiger partial charge in [-0.15, -0.1) is 5.10 Å². The number of hydrogen-bond acceptors (Lipinski definition) is 6. The summed E-state index contributed by atoms with van der Waals surface area (Å²) in [6, 6.07) is 12.5. The highest BCUT2D eigenvalue weighted by Gasteiger charge is 2.25. The molecule has 6 nitrogen and oxygen atoms in total. The van der Waals surface area contributed by atoms with Crippen molar-refractivity contribution in [3.63, 3.8) is 0 Å². The van der Waals surface area contributed by atoms with E-state index >= 15 is 0 Å². The predicted molar refractivity (Wildman–Crippen MR) is 95.2 cm³/mol. The van der Waals surface area contributed by atoms with Gasteiger partial charge in [-0.25, -0.2) is 9.97 Å². The zero-order chi connectivity index (χ0) is 16.4. The third kappa shape index (κ3) is 2.75. The first-order valence-electron chi connectivity index (χ1n) is 8.28. The first-order chi connectivity index (χ1) is 11.8. The molecule has 1 atom stereocenters. The van der Waals surface area contributed by atoms with E-state index in [0.29, 0.717) is 6.04 Å². The molecule has 1 fully saturated rings. The van der Waals surface area contributed by atoms with Crippen LogP contribution >= 0.6 is 0 Å². The van der Waals surface area contributed by atoms with Crippen LogP contribution < -0.4 is 9.80 Å². The summed E-state index contributed by atoms with van der Waals surface area (Å²) in [7, 11) is 2.12. The molecule has 3 heterocycles. The SMILES string of the molecule is CN(c1ncnc2ccccc12)[C@@H]1CCCN(c2cccnn2)C1. The van der Waals surface area contributed by atoms with E-state index in [9.17, 15) is 0 Å². The molecule has 3 aromatic rings. The van der Waals surface area contributed by atoms with Gasteiger partial charge >= 0.3 is 0 Å². The molecule has 0 aliphatic carbocycles. The van der Waals surface area contributed by atoms with Crippen LogP contribution in [0.15, 0.2) is 48.9 Å². The number of likely N-dealkylation sites (N-methyl/N-ethyl adjacent to an activating group) is 1. The fourth-order valence-corrected chi connectivity index (χ4v) is 3.39. The summed E-state index contributed by atoms with van der Waals surface area (Å²) in [5.41, 5.74) is 0.982. The molecular formula is C18H20N6. The van der Waals surface area contributed by atoms with Crippen molar-refractivity contribution < 1.29 is 0 Å². The van der Waals surface area contributed by atoms with Gasteiger partial charge in [0.15, 0.2) is 5.82 Å². The molecule has 4 rings (SSSR count). The van der Waals surface area contributed by atoms with Crippen LogP contribution in [0.3, 0.4) is 0 Å². The Morgan fingerprint density at radius 1 is 1.12 bits per heavy atom. The number of nitrogens with zero attached hydrogens (tertiary/aromatic N) is 6. The molecule has 2 aromatic heterocycles. The van der Waals surface area contributed by atoms with E-state index in [4.69, 9.17) is 0 Å². The maximum Gasteiger partial charge on any atom is 0.151 e. The van der Waals surface area contributed by atoms with Gasteiger partial charge in [-0.2, -0.15) is 5.10 Å². The molecule has 1 aliphatic heterocycles. The summed E-state index contributed by atoms with van der Waals surface area (Å²) in [5.74, 6) is 1.94. The van der Waals surface area contributed by atoms with Crippen LogP contribution in [0.5, 0.6) is 0 Å². The van der Waals surface area contributed by atoms with E-state index in [1.807, 2.05) is 30.3 Å². The number of fused-ring (bicyclic) bond motifs is 1. The average molecular weight is 320 g/mol. The zero-order valence-electron chi connectivity index (χ0n) is 13.7. The molecule has 1 saturated heterocycles.